The van der Waals surface area contributed by atoms with E-state index in [-0.39, 0.29) is 0 Å². The van der Waals surface area contributed by atoms with Crippen LogP contribution in [0.15, 0.2) is 47.8 Å². The van der Waals surface area contributed by atoms with E-state index in [0.717, 1.165) is 33.1 Å². The Balaban J connectivity index is 1.86. The summed E-state index contributed by atoms with van der Waals surface area (Å²) in [6, 6.07) is 14.1. The van der Waals surface area contributed by atoms with Gasteiger partial charge in [0.15, 0.2) is 0 Å². The summed E-state index contributed by atoms with van der Waals surface area (Å²) in [4.78, 5) is 10.3. The molecule has 0 bridgehead atoms. The molecule has 0 saturated heterocycles. The monoisotopic (exact) mass is 321 g/mol. The van der Waals surface area contributed by atoms with Gasteiger partial charge in [-0.3, -0.25) is 0 Å². The van der Waals surface area contributed by atoms with Gasteiger partial charge < -0.3 is 5.32 Å². The second kappa shape index (κ2) is 5.48. The van der Waals surface area contributed by atoms with Gasteiger partial charge in [0.1, 0.15) is 10.6 Å². The van der Waals surface area contributed by atoms with Crippen LogP contribution in [0.4, 0.5) is 11.5 Å². The lowest BCUT2D eigenvalue weighted by molar-refractivity contribution is 0.782. The zero-order valence-corrected chi connectivity index (χ0v) is 13.6. The average Bonchev–Trinajstić information content (AvgIpc) is 3.14. The maximum absolute atomic E-state index is 4.70. The molecule has 3 heterocycles. The highest BCUT2D eigenvalue weighted by Crippen LogP contribution is 2.28. The van der Waals surface area contributed by atoms with Gasteiger partial charge in [0.25, 0.3) is 5.95 Å². The number of fused-ring (bicyclic) bond motifs is 1. The number of para-hydroxylation sites is 1. The molecule has 1 N–H and O–H groups in total. The number of thiophene rings is 1. The minimum absolute atomic E-state index is 0.587. The molecule has 0 radical (unpaired) electrons. The predicted molar refractivity (Wildman–Crippen MR) is 93.7 cm³/mol. The highest BCUT2D eigenvalue weighted by atomic mass is 32.1. The quantitative estimate of drug-likeness (QED) is 0.613. The molecule has 0 atom stereocenters. The van der Waals surface area contributed by atoms with Gasteiger partial charge in [0.05, 0.1) is 11.1 Å². The van der Waals surface area contributed by atoms with Crippen LogP contribution in [0.2, 0.25) is 0 Å². The zero-order chi connectivity index (χ0) is 15.8. The number of hydrogen-bond acceptors (Lipinski definition) is 5. The van der Waals surface area contributed by atoms with Crippen LogP contribution < -0.4 is 5.32 Å². The van der Waals surface area contributed by atoms with Gasteiger partial charge in [-0.15, -0.1) is 11.3 Å². The minimum Gasteiger partial charge on any atom is -0.340 e. The molecule has 23 heavy (non-hydrogen) atoms. The maximum atomic E-state index is 4.70. The van der Waals surface area contributed by atoms with Crippen molar-refractivity contribution >= 4 is 33.1 Å². The van der Waals surface area contributed by atoms with Crippen LogP contribution in [0, 0.1) is 13.8 Å². The fraction of sp³-hybridized carbons (Fsp3) is 0.118. The van der Waals surface area contributed by atoms with E-state index in [0.29, 0.717) is 5.95 Å². The van der Waals surface area contributed by atoms with E-state index in [1.807, 2.05) is 61.7 Å². The van der Waals surface area contributed by atoms with Crippen molar-refractivity contribution in [3.63, 3.8) is 0 Å². The molecule has 1 aromatic carbocycles. The van der Waals surface area contributed by atoms with Gasteiger partial charge in [-0.2, -0.15) is 15.1 Å². The van der Waals surface area contributed by atoms with Crippen LogP contribution in [-0.4, -0.2) is 19.7 Å². The summed E-state index contributed by atoms with van der Waals surface area (Å²) in [5.41, 5.74) is 2.97. The number of hydrogen-bond donors (Lipinski definition) is 1. The molecule has 0 spiro atoms. The third-order valence-electron chi connectivity index (χ3n) is 3.55. The molecule has 0 amide bonds. The highest BCUT2D eigenvalue weighted by Gasteiger charge is 2.13. The van der Waals surface area contributed by atoms with Crippen molar-refractivity contribution in [1.82, 2.24) is 19.7 Å². The number of nitrogens with zero attached hydrogens (tertiary/aromatic N) is 4. The van der Waals surface area contributed by atoms with Crippen LogP contribution in [0.1, 0.15) is 11.4 Å². The van der Waals surface area contributed by atoms with Crippen molar-refractivity contribution < 1.29 is 0 Å². The Kier molecular flexibility index (Phi) is 3.31. The summed E-state index contributed by atoms with van der Waals surface area (Å²) >= 11 is 1.60. The van der Waals surface area contributed by atoms with Crippen LogP contribution in [0.5, 0.6) is 0 Å². The Labute approximate surface area is 137 Å². The Hall–Kier alpha value is -2.73. The molecule has 3 aromatic heterocycles. The van der Waals surface area contributed by atoms with Crippen LogP contribution in [0.25, 0.3) is 16.2 Å². The predicted octanol–water partition coefficient (Wildman–Crippen LogP) is 4.24. The molecule has 6 heteroatoms. The number of rotatable bonds is 3. The van der Waals surface area contributed by atoms with E-state index in [1.165, 1.54) is 0 Å². The summed E-state index contributed by atoms with van der Waals surface area (Å²) in [7, 11) is 0. The van der Waals surface area contributed by atoms with Crippen LogP contribution >= 0.6 is 11.3 Å². The fourth-order valence-corrected chi connectivity index (χ4v) is 3.28. The number of aryl methyl sites for hydroxylation is 2. The number of aromatic nitrogens is 4. The Morgan fingerprint density at radius 3 is 2.61 bits per heavy atom. The molecule has 0 unspecified atom stereocenters. The van der Waals surface area contributed by atoms with Gasteiger partial charge in [-0.05, 0) is 43.5 Å². The normalized spacial score (nSPS) is 11.0. The molecule has 0 aliphatic carbocycles. The third kappa shape index (κ3) is 2.57. The molecular weight excluding hydrogens is 306 g/mol. The molecular formula is C17H15N5S. The summed E-state index contributed by atoms with van der Waals surface area (Å²) in [5.74, 6) is 1.38. The number of anilines is 2. The molecule has 0 saturated carbocycles. The SMILES string of the molecule is Cc1cc(C)n(-c2nc(Nc3ccccc3)c3ccsc3n2)n1. The van der Waals surface area contributed by atoms with Crippen molar-refractivity contribution in [2.24, 2.45) is 0 Å². The molecule has 5 nitrogen and oxygen atoms in total. The number of benzene rings is 1. The first-order valence-corrected chi connectivity index (χ1v) is 8.19. The molecule has 4 rings (SSSR count). The lowest BCUT2D eigenvalue weighted by atomic mass is 10.3. The standard InChI is InChI=1S/C17H15N5S/c1-11-10-12(2)22(21-11)17-19-15(14-8-9-23-16(14)20-17)18-13-6-4-3-5-7-13/h3-10H,1-2H3,(H,18,19,20). The fourth-order valence-electron chi connectivity index (χ4n) is 2.52. The van der Waals surface area contributed by atoms with Crippen molar-refractivity contribution in [3.05, 3.63) is 59.2 Å². The average molecular weight is 321 g/mol. The molecule has 114 valence electrons. The lowest BCUT2D eigenvalue weighted by Crippen LogP contribution is -2.07. The molecule has 0 fully saturated rings. The maximum Gasteiger partial charge on any atom is 0.254 e. The van der Waals surface area contributed by atoms with Gasteiger partial charge in [0.2, 0.25) is 0 Å². The third-order valence-corrected chi connectivity index (χ3v) is 4.36. The minimum atomic E-state index is 0.587. The van der Waals surface area contributed by atoms with Crippen molar-refractivity contribution in [1.29, 1.82) is 0 Å². The number of nitrogens with one attached hydrogen (secondary N) is 1. The molecule has 0 aliphatic rings. The second-order valence-electron chi connectivity index (χ2n) is 5.34. The summed E-state index contributed by atoms with van der Waals surface area (Å²) in [6.45, 7) is 3.97. The second-order valence-corrected chi connectivity index (χ2v) is 6.24. The largest absolute Gasteiger partial charge is 0.340 e. The Bertz CT molecular complexity index is 971. The molecule has 4 aromatic rings. The van der Waals surface area contributed by atoms with Crippen molar-refractivity contribution in [2.45, 2.75) is 13.8 Å². The topological polar surface area (TPSA) is 55.6 Å². The summed E-state index contributed by atoms with van der Waals surface area (Å²) in [6.07, 6.45) is 0. The van der Waals surface area contributed by atoms with Gasteiger partial charge in [-0.1, -0.05) is 18.2 Å². The van der Waals surface area contributed by atoms with Crippen LogP contribution in [0.3, 0.4) is 0 Å². The molecule has 0 aliphatic heterocycles. The summed E-state index contributed by atoms with van der Waals surface area (Å²) in [5, 5.41) is 10.9. The first-order valence-electron chi connectivity index (χ1n) is 7.32. The highest BCUT2D eigenvalue weighted by molar-refractivity contribution is 7.16. The van der Waals surface area contributed by atoms with E-state index < -0.39 is 0 Å². The van der Waals surface area contributed by atoms with Gasteiger partial charge in [-0.25, -0.2) is 4.68 Å². The van der Waals surface area contributed by atoms with Crippen LogP contribution in [-0.2, 0) is 0 Å². The zero-order valence-electron chi connectivity index (χ0n) is 12.8. The van der Waals surface area contributed by atoms with Crippen molar-refractivity contribution in [3.8, 4) is 5.95 Å². The first-order chi connectivity index (χ1) is 11.2. The van der Waals surface area contributed by atoms with E-state index in [9.17, 15) is 0 Å². The van der Waals surface area contributed by atoms with E-state index in [2.05, 4.69) is 15.4 Å². The Morgan fingerprint density at radius 1 is 1.04 bits per heavy atom. The lowest BCUT2D eigenvalue weighted by Gasteiger charge is -2.09. The van der Waals surface area contributed by atoms with Gasteiger partial charge >= 0.3 is 0 Å². The summed E-state index contributed by atoms with van der Waals surface area (Å²) < 4.78 is 1.78. The van der Waals surface area contributed by atoms with E-state index >= 15 is 0 Å². The Morgan fingerprint density at radius 2 is 1.87 bits per heavy atom. The van der Waals surface area contributed by atoms with Gasteiger partial charge in [0, 0.05) is 11.4 Å². The van der Waals surface area contributed by atoms with E-state index in [4.69, 9.17) is 4.98 Å². The van der Waals surface area contributed by atoms with Crippen molar-refractivity contribution in [2.75, 3.05) is 5.32 Å². The first kappa shape index (κ1) is 13.9. The van der Waals surface area contributed by atoms with E-state index in [1.54, 1.807) is 16.0 Å². The smallest absolute Gasteiger partial charge is 0.254 e.